The molecule has 0 aliphatic carbocycles. The molecule has 0 saturated carbocycles. The average Bonchev–Trinajstić information content (AvgIpc) is 3.49. The Kier molecular flexibility index (Phi) is 7.28. The van der Waals surface area contributed by atoms with Crippen LogP contribution in [0.25, 0.3) is 22.0 Å². The maximum absolute atomic E-state index is 12.9. The SMILES string of the molecule is CCCN(Cc1nnc(-c2cccs2)o1)C(=O)CSc1nc(C)cc(-c2ccccc2)n1. The van der Waals surface area contributed by atoms with Crippen LogP contribution in [-0.4, -0.2) is 43.3 Å². The summed E-state index contributed by atoms with van der Waals surface area (Å²) < 4.78 is 5.76. The molecule has 9 heteroatoms. The first-order chi connectivity index (χ1) is 15.6. The fourth-order valence-electron chi connectivity index (χ4n) is 3.12. The van der Waals surface area contributed by atoms with Crippen molar-refractivity contribution in [2.24, 2.45) is 0 Å². The van der Waals surface area contributed by atoms with Crippen molar-refractivity contribution in [2.75, 3.05) is 12.3 Å². The standard InChI is InChI=1S/C23H23N5O2S2/c1-3-11-28(14-20-26-27-22(30-20)19-10-7-12-31-19)21(29)15-32-23-24-16(2)13-18(25-23)17-8-5-4-6-9-17/h4-10,12-13H,3,11,14-15H2,1-2H3. The van der Waals surface area contributed by atoms with Gasteiger partial charge in [-0.15, -0.1) is 21.5 Å². The van der Waals surface area contributed by atoms with Crippen LogP contribution in [-0.2, 0) is 11.3 Å². The number of carbonyl (C=O) groups is 1. The third-order valence-corrected chi connectivity index (χ3v) is 6.29. The predicted octanol–water partition coefficient (Wildman–Crippen LogP) is 5.09. The molecule has 0 atom stereocenters. The highest BCUT2D eigenvalue weighted by molar-refractivity contribution is 7.99. The first-order valence-corrected chi connectivity index (χ1v) is 12.2. The number of aromatic nitrogens is 4. The summed E-state index contributed by atoms with van der Waals surface area (Å²) in [4.78, 5) is 24.7. The Morgan fingerprint density at radius 1 is 1.12 bits per heavy atom. The summed E-state index contributed by atoms with van der Waals surface area (Å²) in [6.07, 6.45) is 0.835. The Morgan fingerprint density at radius 2 is 1.97 bits per heavy atom. The van der Waals surface area contributed by atoms with Crippen molar-refractivity contribution in [3.8, 4) is 22.0 Å². The number of nitrogens with zero attached hydrogens (tertiary/aromatic N) is 5. The second kappa shape index (κ2) is 10.5. The molecule has 1 amide bonds. The highest BCUT2D eigenvalue weighted by Gasteiger charge is 2.19. The van der Waals surface area contributed by atoms with E-state index in [0.29, 0.717) is 23.5 Å². The number of rotatable bonds is 9. The number of thiophene rings is 1. The van der Waals surface area contributed by atoms with Gasteiger partial charge in [0.05, 0.1) is 22.9 Å². The summed E-state index contributed by atoms with van der Waals surface area (Å²) in [7, 11) is 0. The van der Waals surface area contributed by atoms with E-state index in [1.165, 1.54) is 23.1 Å². The molecule has 7 nitrogen and oxygen atoms in total. The van der Waals surface area contributed by atoms with E-state index in [9.17, 15) is 4.79 Å². The molecule has 0 radical (unpaired) electrons. The van der Waals surface area contributed by atoms with Gasteiger partial charge in [-0.1, -0.05) is 55.1 Å². The third-order valence-electron chi connectivity index (χ3n) is 4.60. The Labute approximate surface area is 194 Å². The van der Waals surface area contributed by atoms with Crippen molar-refractivity contribution in [1.29, 1.82) is 0 Å². The number of hydrogen-bond donors (Lipinski definition) is 0. The molecular formula is C23H23N5O2S2. The smallest absolute Gasteiger partial charge is 0.257 e. The van der Waals surface area contributed by atoms with E-state index in [1.54, 1.807) is 4.90 Å². The maximum Gasteiger partial charge on any atom is 0.257 e. The Morgan fingerprint density at radius 3 is 2.72 bits per heavy atom. The second-order valence-electron chi connectivity index (χ2n) is 7.13. The van der Waals surface area contributed by atoms with Crippen molar-refractivity contribution >= 4 is 29.0 Å². The molecule has 0 bridgehead atoms. The topological polar surface area (TPSA) is 85.0 Å². The summed E-state index contributed by atoms with van der Waals surface area (Å²) in [5.41, 5.74) is 2.74. The summed E-state index contributed by atoms with van der Waals surface area (Å²) in [6, 6.07) is 15.8. The summed E-state index contributed by atoms with van der Waals surface area (Å²) in [5.74, 6) is 1.14. The molecule has 4 rings (SSSR count). The monoisotopic (exact) mass is 465 g/mol. The van der Waals surface area contributed by atoms with Crippen molar-refractivity contribution in [3.05, 3.63) is 65.5 Å². The summed E-state index contributed by atoms with van der Waals surface area (Å²) in [6.45, 7) is 4.87. The van der Waals surface area contributed by atoms with E-state index >= 15 is 0 Å². The Balaban J connectivity index is 1.42. The van der Waals surface area contributed by atoms with E-state index in [0.717, 1.165) is 28.2 Å². The highest BCUT2D eigenvalue weighted by Crippen LogP contribution is 2.24. The maximum atomic E-state index is 12.9. The highest BCUT2D eigenvalue weighted by atomic mass is 32.2. The van der Waals surface area contributed by atoms with Crippen molar-refractivity contribution in [3.63, 3.8) is 0 Å². The first-order valence-electron chi connectivity index (χ1n) is 10.3. The molecule has 0 aliphatic heterocycles. The lowest BCUT2D eigenvalue weighted by Crippen LogP contribution is -2.32. The molecule has 32 heavy (non-hydrogen) atoms. The molecule has 4 aromatic rings. The Bertz CT molecular complexity index is 1160. The van der Waals surface area contributed by atoms with Gasteiger partial charge in [-0.05, 0) is 30.9 Å². The minimum absolute atomic E-state index is 0.0147. The van der Waals surface area contributed by atoms with Gasteiger partial charge in [0.15, 0.2) is 5.16 Å². The van der Waals surface area contributed by atoms with Gasteiger partial charge in [-0.2, -0.15) is 0 Å². The van der Waals surface area contributed by atoms with Gasteiger partial charge in [-0.25, -0.2) is 9.97 Å². The molecular weight excluding hydrogens is 442 g/mol. The zero-order valence-electron chi connectivity index (χ0n) is 17.9. The van der Waals surface area contributed by atoms with Gasteiger partial charge in [0.2, 0.25) is 11.8 Å². The number of benzene rings is 1. The summed E-state index contributed by atoms with van der Waals surface area (Å²) >= 11 is 2.88. The van der Waals surface area contributed by atoms with Crippen molar-refractivity contribution < 1.29 is 9.21 Å². The molecule has 0 unspecified atom stereocenters. The van der Waals surface area contributed by atoms with Crippen molar-refractivity contribution in [2.45, 2.75) is 32.0 Å². The number of aryl methyl sites for hydroxylation is 1. The van der Waals surface area contributed by atoms with Crippen LogP contribution in [0.15, 0.2) is 63.5 Å². The third kappa shape index (κ3) is 5.60. The van der Waals surface area contributed by atoms with Crippen LogP contribution in [0.3, 0.4) is 0 Å². The molecule has 3 aromatic heterocycles. The van der Waals surface area contributed by atoms with Crippen LogP contribution in [0.2, 0.25) is 0 Å². The van der Waals surface area contributed by atoms with Gasteiger partial charge in [0.1, 0.15) is 0 Å². The van der Waals surface area contributed by atoms with Gasteiger partial charge in [0, 0.05) is 17.8 Å². The second-order valence-corrected chi connectivity index (χ2v) is 9.02. The van der Waals surface area contributed by atoms with Gasteiger partial charge < -0.3 is 9.32 Å². The lowest BCUT2D eigenvalue weighted by Gasteiger charge is -2.20. The minimum atomic E-state index is -0.0147. The molecule has 0 aliphatic rings. The van der Waals surface area contributed by atoms with Crippen LogP contribution in [0.4, 0.5) is 0 Å². The minimum Gasteiger partial charge on any atom is -0.418 e. The lowest BCUT2D eigenvalue weighted by atomic mass is 10.1. The molecule has 0 fully saturated rings. The Hall–Kier alpha value is -3.04. The number of amides is 1. The predicted molar refractivity (Wildman–Crippen MR) is 126 cm³/mol. The normalized spacial score (nSPS) is 10.9. The van der Waals surface area contributed by atoms with Gasteiger partial charge >= 0.3 is 0 Å². The van der Waals surface area contributed by atoms with E-state index < -0.39 is 0 Å². The molecule has 0 spiro atoms. The van der Waals surface area contributed by atoms with Gasteiger partial charge in [0.25, 0.3) is 5.89 Å². The van der Waals surface area contributed by atoms with E-state index in [1.807, 2.05) is 67.8 Å². The molecule has 3 heterocycles. The number of thioether (sulfide) groups is 1. The van der Waals surface area contributed by atoms with E-state index in [-0.39, 0.29) is 18.2 Å². The quantitative estimate of drug-likeness (QED) is 0.251. The number of hydrogen-bond acceptors (Lipinski definition) is 8. The number of carbonyl (C=O) groups excluding carboxylic acids is 1. The molecule has 0 saturated heterocycles. The van der Waals surface area contributed by atoms with E-state index in [4.69, 9.17) is 4.42 Å². The lowest BCUT2D eigenvalue weighted by molar-refractivity contribution is -0.129. The van der Waals surface area contributed by atoms with Crippen LogP contribution >= 0.6 is 23.1 Å². The van der Waals surface area contributed by atoms with Crippen LogP contribution in [0.5, 0.6) is 0 Å². The fraction of sp³-hybridized carbons (Fsp3) is 0.261. The zero-order chi connectivity index (χ0) is 22.3. The zero-order valence-corrected chi connectivity index (χ0v) is 19.5. The van der Waals surface area contributed by atoms with Crippen LogP contribution in [0, 0.1) is 6.92 Å². The molecule has 0 N–H and O–H groups in total. The fourth-order valence-corrected chi connectivity index (χ4v) is 4.57. The molecule has 164 valence electrons. The largest absolute Gasteiger partial charge is 0.418 e. The van der Waals surface area contributed by atoms with Crippen LogP contribution in [0.1, 0.15) is 24.9 Å². The van der Waals surface area contributed by atoms with Gasteiger partial charge in [-0.3, -0.25) is 4.79 Å². The average molecular weight is 466 g/mol. The van der Waals surface area contributed by atoms with Crippen molar-refractivity contribution in [1.82, 2.24) is 25.1 Å². The van der Waals surface area contributed by atoms with Crippen LogP contribution < -0.4 is 0 Å². The first kappa shape index (κ1) is 22.2. The molecule has 1 aromatic carbocycles. The van der Waals surface area contributed by atoms with E-state index in [2.05, 4.69) is 20.2 Å². The summed E-state index contributed by atoms with van der Waals surface area (Å²) in [5, 5.41) is 10.8.